The number of esters is 1. The molecule has 412 valence electrons. The second-order valence-electron chi connectivity index (χ2n) is 20.2. The van der Waals surface area contributed by atoms with Crippen LogP contribution in [-0.2, 0) is 98.6 Å². The van der Waals surface area contributed by atoms with Gasteiger partial charge in [0.05, 0.1) is 64.4 Å². The molecule has 5 aromatic carbocycles. The van der Waals surface area contributed by atoms with Crippen molar-refractivity contribution >= 4 is 13.8 Å². The zero-order valence-corrected chi connectivity index (χ0v) is 46.0. The predicted octanol–water partition coefficient (Wildman–Crippen LogP) is 12.5. The normalized spacial score (nSPS) is 24.0. The Morgan fingerprint density at radius 3 is 1.30 bits per heavy atom. The van der Waals surface area contributed by atoms with E-state index in [1.165, 1.54) is 0 Å². The molecule has 5 aromatic rings. The molecule has 7 rings (SSSR count). The quantitative estimate of drug-likeness (QED) is 0.0244. The van der Waals surface area contributed by atoms with Crippen LogP contribution in [0.1, 0.15) is 101 Å². The Labute approximate surface area is 450 Å². The number of rotatable bonds is 30. The topological polar surface area (TPSA) is 145 Å². The first-order valence-corrected chi connectivity index (χ1v) is 28.4. The first-order valence-electron chi connectivity index (χ1n) is 27.0. The van der Waals surface area contributed by atoms with Gasteiger partial charge in [-0.15, -0.1) is 0 Å². The van der Waals surface area contributed by atoms with Crippen molar-refractivity contribution in [1.29, 1.82) is 0 Å². The average molecular weight is 1070 g/mol. The zero-order chi connectivity index (χ0) is 53.6. The van der Waals surface area contributed by atoms with Gasteiger partial charge in [0.15, 0.2) is 12.4 Å². The molecule has 2 aliphatic rings. The summed E-state index contributed by atoms with van der Waals surface area (Å²) in [6, 6.07) is 49.2. The number of unbranched alkanes of at least 4 members (excludes halogenated alkanes) is 2. The molecular weight excluding hydrogens is 988 g/mol. The van der Waals surface area contributed by atoms with E-state index in [0.29, 0.717) is 25.9 Å². The van der Waals surface area contributed by atoms with Crippen molar-refractivity contribution in [1.82, 2.24) is 0 Å². The average Bonchev–Trinajstić information content (AvgIpc) is 3.48. The molecule has 2 fully saturated rings. The molecule has 2 aliphatic heterocycles. The van der Waals surface area contributed by atoms with Gasteiger partial charge in [0.25, 0.3) is 0 Å². The molecule has 0 radical (unpaired) electrons. The number of phosphoric acid groups is 1. The van der Waals surface area contributed by atoms with E-state index in [9.17, 15) is 9.36 Å². The highest BCUT2D eigenvalue weighted by atomic mass is 31.2. The minimum absolute atomic E-state index is 0.0612. The SMILES string of the molecule is CCCCOP(=O)(OCCCC)OC1OC(CC)C(OCc2ccccc2)C(OC2OC(COCc3ccccc3)C(OCc3ccccc3)C(OCc3ccccc3)C2OCc2ccccc2)C1OC(=O)C(C)(C)C. The number of benzene rings is 5. The molecule has 0 aromatic heterocycles. The van der Waals surface area contributed by atoms with Gasteiger partial charge < -0.3 is 42.6 Å². The number of hydrogen-bond donors (Lipinski definition) is 0. The number of carbonyl (C=O) groups is 1. The van der Waals surface area contributed by atoms with Crippen LogP contribution < -0.4 is 0 Å². The van der Waals surface area contributed by atoms with Crippen molar-refractivity contribution in [2.45, 2.75) is 168 Å². The molecule has 14 nitrogen and oxygen atoms in total. The number of phosphoric ester groups is 1. The minimum Gasteiger partial charge on any atom is -0.454 e. The summed E-state index contributed by atoms with van der Waals surface area (Å²) in [6.07, 6.45) is -7.52. The fourth-order valence-corrected chi connectivity index (χ4v) is 10.0. The highest BCUT2D eigenvalue weighted by Gasteiger charge is 2.57. The molecule has 0 N–H and O–H groups in total. The van der Waals surface area contributed by atoms with E-state index in [1.807, 2.05) is 172 Å². The molecule has 10 unspecified atom stereocenters. The fraction of sp³-hybridized carbons (Fsp3) is 0.492. The Balaban J connectivity index is 1.35. The van der Waals surface area contributed by atoms with E-state index in [2.05, 4.69) is 0 Å². The second kappa shape index (κ2) is 30.5. The maximum Gasteiger partial charge on any atom is 0.477 e. The Bertz CT molecular complexity index is 2420. The van der Waals surface area contributed by atoms with Crippen molar-refractivity contribution in [3.8, 4) is 0 Å². The molecule has 76 heavy (non-hydrogen) atoms. The summed E-state index contributed by atoms with van der Waals surface area (Å²) < 4.78 is 95.7. The van der Waals surface area contributed by atoms with Gasteiger partial charge in [-0.25, -0.2) is 4.57 Å². The standard InChI is InChI=1S/C61H79O14P/c1-7-10-37-69-76(63,70-38-11-8-2)75-59-57(74-60(62)61(4,5)6)55(52(50(9-3)71-59)65-40-46-29-19-13-20-30-46)73-58-56(68-43-49-35-25-16-26-36-49)54(67-42-48-33-23-15-24-34-48)53(66-41-47-31-21-14-22-32-47)51(72-58)44-64-39-45-27-17-12-18-28-45/h12-36,50-59H,7-11,37-44H2,1-6H3. The van der Waals surface area contributed by atoms with Crippen LogP contribution in [0.2, 0.25) is 0 Å². The highest BCUT2D eigenvalue weighted by Crippen LogP contribution is 2.53. The minimum atomic E-state index is -4.37. The van der Waals surface area contributed by atoms with Crippen LogP contribution in [0.4, 0.5) is 0 Å². The Morgan fingerprint density at radius 2 is 0.882 bits per heavy atom. The maximum atomic E-state index is 14.8. The summed E-state index contributed by atoms with van der Waals surface area (Å²) >= 11 is 0. The molecule has 10 atom stereocenters. The van der Waals surface area contributed by atoms with Gasteiger partial charge in [0, 0.05) is 0 Å². The second-order valence-corrected chi connectivity index (χ2v) is 21.8. The molecule has 0 bridgehead atoms. The van der Waals surface area contributed by atoms with Crippen LogP contribution in [0, 0.1) is 5.41 Å². The smallest absolute Gasteiger partial charge is 0.454 e. The highest BCUT2D eigenvalue weighted by molar-refractivity contribution is 7.48. The van der Waals surface area contributed by atoms with Gasteiger partial charge in [-0.05, 0) is 67.9 Å². The lowest BCUT2D eigenvalue weighted by Gasteiger charge is -2.50. The van der Waals surface area contributed by atoms with Crippen molar-refractivity contribution in [3.63, 3.8) is 0 Å². The van der Waals surface area contributed by atoms with Gasteiger partial charge in [-0.1, -0.05) is 185 Å². The van der Waals surface area contributed by atoms with Crippen molar-refractivity contribution in [2.75, 3.05) is 19.8 Å². The van der Waals surface area contributed by atoms with Gasteiger partial charge in [0.2, 0.25) is 6.29 Å². The number of carbonyl (C=O) groups excluding carboxylic acids is 1. The summed E-state index contributed by atoms with van der Waals surface area (Å²) in [4.78, 5) is 14.4. The van der Waals surface area contributed by atoms with Crippen LogP contribution >= 0.6 is 7.82 Å². The van der Waals surface area contributed by atoms with Crippen LogP contribution in [0.15, 0.2) is 152 Å². The van der Waals surface area contributed by atoms with Crippen LogP contribution in [0.3, 0.4) is 0 Å². The molecule has 0 amide bonds. The molecule has 0 aliphatic carbocycles. The van der Waals surface area contributed by atoms with Crippen LogP contribution in [-0.4, -0.2) is 87.2 Å². The van der Waals surface area contributed by atoms with Gasteiger partial charge >= 0.3 is 13.8 Å². The fourth-order valence-electron chi connectivity index (χ4n) is 8.72. The summed E-state index contributed by atoms with van der Waals surface area (Å²) in [7, 11) is -4.37. The Hall–Kier alpha value is -4.64. The molecule has 15 heteroatoms. The molecular formula is C61H79O14P. The largest absolute Gasteiger partial charge is 0.477 e. The van der Waals surface area contributed by atoms with E-state index in [1.54, 1.807) is 20.8 Å². The first-order chi connectivity index (χ1) is 37.0. The summed E-state index contributed by atoms with van der Waals surface area (Å²) in [5, 5.41) is 0. The van der Waals surface area contributed by atoms with Crippen molar-refractivity contribution in [3.05, 3.63) is 179 Å². The first kappa shape index (κ1) is 59.0. The van der Waals surface area contributed by atoms with Gasteiger partial charge in [-0.3, -0.25) is 18.4 Å². The van der Waals surface area contributed by atoms with Gasteiger partial charge in [-0.2, -0.15) is 0 Å². The lowest BCUT2D eigenvalue weighted by Crippen LogP contribution is -2.66. The summed E-state index contributed by atoms with van der Waals surface area (Å²) in [5.74, 6) is -0.597. The Kier molecular flexibility index (Phi) is 23.7. The zero-order valence-electron chi connectivity index (χ0n) is 45.1. The lowest BCUT2D eigenvalue weighted by molar-refractivity contribution is -0.369. The lowest BCUT2D eigenvalue weighted by atomic mass is 9.93. The van der Waals surface area contributed by atoms with Crippen molar-refractivity contribution < 1.29 is 65.6 Å². The number of hydrogen-bond acceptors (Lipinski definition) is 14. The number of ether oxygens (including phenoxy) is 9. The monoisotopic (exact) mass is 1070 g/mol. The molecule has 0 spiro atoms. The third-order valence-electron chi connectivity index (χ3n) is 13.0. The summed E-state index contributed by atoms with van der Waals surface area (Å²) in [6.45, 7) is 12.4. The predicted molar refractivity (Wildman–Crippen MR) is 288 cm³/mol. The van der Waals surface area contributed by atoms with E-state index in [4.69, 9.17) is 56.2 Å². The van der Waals surface area contributed by atoms with Crippen LogP contribution in [0.5, 0.6) is 0 Å². The molecule has 2 saturated heterocycles. The van der Waals surface area contributed by atoms with Crippen LogP contribution in [0.25, 0.3) is 0 Å². The van der Waals surface area contributed by atoms with E-state index < -0.39 is 80.6 Å². The Morgan fingerprint density at radius 1 is 0.487 bits per heavy atom. The van der Waals surface area contributed by atoms with Gasteiger partial charge in [0.1, 0.15) is 36.6 Å². The third kappa shape index (κ3) is 18.0. The van der Waals surface area contributed by atoms with E-state index in [-0.39, 0.29) is 46.2 Å². The molecule has 0 saturated carbocycles. The van der Waals surface area contributed by atoms with E-state index in [0.717, 1.165) is 40.7 Å². The third-order valence-corrected chi connectivity index (χ3v) is 14.5. The van der Waals surface area contributed by atoms with E-state index >= 15 is 0 Å². The maximum absolute atomic E-state index is 14.8. The van der Waals surface area contributed by atoms with Crippen molar-refractivity contribution in [2.24, 2.45) is 5.41 Å². The molecule has 2 heterocycles. The summed E-state index contributed by atoms with van der Waals surface area (Å²) in [5.41, 5.74) is 3.62.